The summed E-state index contributed by atoms with van der Waals surface area (Å²) in [5.41, 5.74) is 1.00. The van der Waals surface area contributed by atoms with Crippen molar-refractivity contribution in [1.29, 1.82) is 0 Å². The Kier molecular flexibility index (Phi) is 6.50. The largest absolute Gasteiger partial charge is 0.496 e. The fourth-order valence-corrected chi connectivity index (χ4v) is 3.77. The van der Waals surface area contributed by atoms with Crippen LogP contribution in [0.2, 0.25) is 0 Å². The second kappa shape index (κ2) is 8.89. The molecular weight excluding hydrogens is 370 g/mol. The van der Waals surface area contributed by atoms with Crippen molar-refractivity contribution < 1.29 is 23.8 Å². The van der Waals surface area contributed by atoms with Gasteiger partial charge in [0.25, 0.3) is 0 Å². The maximum absolute atomic E-state index is 12.2. The SMILES string of the molecule is COc1ccc2c(c1C=CCCC1CCN(C(=O)OC(C)(C)C)CC1)OCC2=O. The first-order valence-corrected chi connectivity index (χ1v) is 10.3. The Bertz CT molecular complexity index is 785. The molecule has 0 aliphatic carbocycles. The van der Waals surface area contributed by atoms with Gasteiger partial charge in [0.15, 0.2) is 6.61 Å². The molecule has 1 amide bonds. The van der Waals surface area contributed by atoms with E-state index in [0.717, 1.165) is 44.3 Å². The van der Waals surface area contributed by atoms with Crippen LogP contribution < -0.4 is 9.47 Å². The summed E-state index contributed by atoms with van der Waals surface area (Å²) >= 11 is 0. The number of ketones is 1. The number of amides is 1. The number of fused-ring (bicyclic) bond motifs is 1. The molecule has 0 unspecified atom stereocenters. The molecule has 0 aromatic heterocycles. The summed E-state index contributed by atoms with van der Waals surface area (Å²) in [6.07, 6.45) is 7.88. The molecule has 0 saturated carbocycles. The zero-order valence-corrected chi connectivity index (χ0v) is 17.8. The predicted octanol–water partition coefficient (Wildman–Crippen LogP) is 4.71. The average molecular weight is 402 g/mol. The van der Waals surface area contributed by atoms with Crippen molar-refractivity contribution in [3.63, 3.8) is 0 Å². The Morgan fingerprint density at radius 2 is 2.00 bits per heavy atom. The molecule has 29 heavy (non-hydrogen) atoms. The Morgan fingerprint density at radius 3 is 2.66 bits per heavy atom. The minimum absolute atomic E-state index is 0.00838. The van der Waals surface area contributed by atoms with E-state index in [0.29, 0.717) is 23.0 Å². The minimum atomic E-state index is -0.453. The Labute approximate surface area is 172 Å². The number of allylic oxidation sites excluding steroid dienone is 1. The van der Waals surface area contributed by atoms with Gasteiger partial charge in [0.05, 0.1) is 18.2 Å². The summed E-state index contributed by atoms with van der Waals surface area (Å²) in [5.74, 6) is 1.94. The van der Waals surface area contributed by atoms with Crippen molar-refractivity contribution >= 4 is 18.0 Å². The molecule has 0 radical (unpaired) electrons. The van der Waals surface area contributed by atoms with E-state index in [1.54, 1.807) is 13.2 Å². The minimum Gasteiger partial charge on any atom is -0.496 e. The molecule has 2 heterocycles. The number of hydrogen-bond donors (Lipinski definition) is 0. The second-order valence-corrected chi connectivity index (χ2v) is 8.66. The lowest BCUT2D eigenvalue weighted by molar-refractivity contribution is 0.0181. The van der Waals surface area contributed by atoms with Crippen LogP contribution in [0.4, 0.5) is 4.79 Å². The molecule has 0 spiro atoms. The Morgan fingerprint density at radius 1 is 1.28 bits per heavy atom. The topological polar surface area (TPSA) is 65.1 Å². The van der Waals surface area contributed by atoms with Gasteiger partial charge in [-0.3, -0.25) is 4.79 Å². The van der Waals surface area contributed by atoms with Crippen LogP contribution in [-0.4, -0.2) is 49.2 Å². The monoisotopic (exact) mass is 401 g/mol. The van der Waals surface area contributed by atoms with E-state index in [9.17, 15) is 9.59 Å². The molecule has 0 N–H and O–H groups in total. The fraction of sp³-hybridized carbons (Fsp3) is 0.565. The second-order valence-electron chi connectivity index (χ2n) is 8.66. The van der Waals surface area contributed by atoms with Gasteiger partial charge in [0, 0.05) is 13.1 Å². The van der Waals surface area contributed by atoms with Gasteiger partial charge < -0.3 is 19.1 Å². The molecular formula is C23H31NO5. The van der Waals surface area contributed by atoms with Crippen LogP contribution >= 0.6 is 0 Å². The van der Waals surface area contributed by atoms with Gasteiger partial charge in [-0.25, -0.2) is 4.79 Å². The van der Waals surface area contributed by atoms with E-state index in [1.165, 1.54) is 0 Å². The van der Waals surface area contributed by atoms with Gasteiger partial charge in [-0.2, -0.15) is 0 Å². The molecule has 1 aromatic carbocycles. The van der Waals surface area contributed by atoms with Crippen LogP contribution in [0.3, 0.4) is 0 Å². The van der Waals surface area contributed by atoms with Crippen LogP contribution in [0.15, 0.2) is 18.2 Å². The number of hydrogen-bond acceptors (Lipinski definition) is 5. The molecule has 1 aromatic rings. The number of benzene rings is 1. The van der Waals surface area contributed by atoms with Crippen LogP contribution in [0.1, 0.15) is 62.4 Å². The highest BCUT2D eigenvalue weighted by Gasteiger charge is 2.27. The smallest absolute Gasteiger partial charge is 0.410 e. The highest BCUT2D eigenvalue weighted by atomic mass is 16.6. The molecule has 1 saturated heterocycles. The number of Topliss-reactive ketones (excluding diaryl/α,β-unsaturated/α-hetero) is 1. The number of nitrogens with zero attached hydrogens (tertiary/aromatic N) is 1. The molecule has 0 atom stereocenters. The number of piperidine rings is 1. The summed E-state index contributed by atoms with van der Waals surface area (Å²) in [6.45, 7) is 7.27. The zero-order valence-electron chi connectivity index (χ0n) is 17.8. The zero-order chi connectivity index (χ0) is 21.0. The molecule has 2 aliphatic heterocycles. The van der Waals surface area contributed by atoms with Gasteiger partial charge in [0.2, 0.25) is 5.78 Å². The van der Waals surface area contributed by atoms with Crippen LogP contribution in [0.25, 0.3) is 6.08 Å². The van der Waals surface area contributed by atoms with Crippen LogP contribution in [0.5, 0.6) is 11.5 Å². The number of ether oxygens (including phenoxy) is 3. The molecule has 2 aliphatic rings. The number of carbonyl (C=O) groups is 2. The lowest BCUT2D eigenvalue weighted by Crippen LogP contribution is -2.41. The predicted molar refractivity (Wildman–Crippen MR) is 112 cm³/mol. The number of methoxy groups -OCH3 is 1. The van der Waals surface area contributed by atoms with Crippen molar-refractivity contribution in [3.8, 4) is 11.5 Å². The quantitative estimate of drug-likeness (QED) is 0.715. The molecule has 158 valence electrons. The molecule has 1 fully saturated rings. The van der Waals surface area contributed by atoms with Gasteiger partial charge in [-0.15, -0.1) is 0 Å². The summed E-state index contributed by atoms with van der Waals surface area (Å²) in [6, 6.07) is 3.58. The third-order valence-electron chi connectivity index (χ3n) is 5.32. The number of likely N-dealkylation sites (tertiary alicyclic amines) is 1. The van der Waals surface area contributed by atoms with E-state index in [4.69, 9.17) is 14.2 Å². The van der Waals surface area contributed by atoms with E-state index < -0.39 is 5.60 Å². The summed E-state index contributed by atoms with van der Waals surface area (Å²) in [4.78, 5) is 25.8. The molecule has 3 rings (SSSR count). The van der Waals surface area contributed by atoms with Crippen molar-refractivity contribution in [3.05, 3.63) is 29.3 Å². The molecule has 6 heteroatoms. The van der Waals surface area contributed by atoms with Crippen LogP contribution in [-0.2, 0) is 4.74 Å². The third kappa shape index (κ3) is 5.31. The molecule has 0 bridgehead atoms. The van der Waals surface area contributed by atoms with E-state index >= 15 is 0 Å². The lowest BCUT2D eigenvalue weighted by Gasteiger charge is -2.33. The number of rotatable bonds is 5. The Balaban J connectivity index is 1.50. The highest BCUT2D eigenvalue weighted by Crippen LogP contribution is 2.37. The Hall–Kier alpha value is -2.50. The van der Waals surface area contributed by atoms with E-state index in [2.05, 4.69) is 6.08 Å². The first kappa shape index (κ1) is 21.2. The van der Waals surface area contributed by atoms with Crippen molar-refractivity contribution in [2.75, 3.05) is 26.8 Å². The first-order valence-electron chi connectivity index (χ1n) is 10.3. The van der Waals surface area contributed by atoms with Gasteiger partial charge in [0.1, 0.15) is 17.1 Å². The van der Waals surface area contributed by atoms with E-state index in [1.807, 2.05) is 37.8 Å². The summed E-state index contributed by atoms with van der Waals surface area (Å²) < 4.78 is 16.5. The fourth-order valence-electron chi connectivity index (χ4n) is 3.77. The summed E-state index contributed by atoms with van der Waals surface area (Å²) in [7, 11) is 1.62. The van der Waals surface area contributed by atoms with Gasteiger partial charge >= 0.3 is 6.09 Å². The lowest BCUT2D eigenvalue weighted by atomic mass is 9.92. The summed E-state index contributed by atoms with van der Waals surface area (Å²) in [5, 5.41) is 0. The van der Waals surface area contributed by atoms with E-state index in [-0.39, 0.29) is 18.5 Å². The first-order chi connectivity index (χ1) is 13.8. The standard InChI is InChI=1S/C23H31NO5/c1-23(2,3)29-22(26)24-13-11-16(12-14-24)7-5-6-8-18-20(27-4)10-9-17-19(25)15-28-21(17)18/h6,8-10,16H,5,7,11-15H2,1-4H3. The maximum Gasteiger partial charge on any atom is 0.410 e. The highest BCUT2D eigenvalue weighted by molar-refractivity contribution is 6.03. The third-order valence-corrected chi connectivity index (χ3v) is 5.32. The van der Waals surface area contributed by atoms with Crippen molar-refractivity contribution in [2.45, 2.75) is 52.1 Å². The maximum atomic E-state index is 12.2. The molecule has 6 nitrogen and oxygen atoms in total. The van der Waals surface area contributed by atoms with Gasteiger partial charge in [-0.1, -0.05) is 12.2 Å². The van der Waals surface area contributed by atoms with Crippen LogP contribution in [0, 0.1) is 5.92 Å². The van der Waals surface area contributed by atoms with Crippen molar-refractivity contribution in [2.24, 2.45) is 5.92 Å². The van der Waals surface area contributed by atoms with Crippen molar-refractivity contribution in [1.82, 2.24) is 4.90 Å². The number of carbonyl (C=O) groups excluding carboxylic acids is 2. The average Bonchev–Trinajstić information content (AvgIpc) is 3.05. The normalized spacial score (nSPS) is 17.4. The van der Waals surface area contributed by atoms with Gasteiger partial charge in [-0.05, 0) is 64.5 Å².